The zero-order valence-electron chi connectivity index (χ0n) is 31.1. The van der Waals surface area contributed by atoms with Gasteiger partial charge in [0.25, 0.3) is 5.91 Å². The first-order valence-electron chi connectivity index (χ1n) is 17.6. The van der Waals surface area contributed by atoms with Crippen LogP contribution in [0.15, 0.2) is 0 Å². The van der Waals surface area contributed by atoms with Crippen LogP contribution < -0.4 is 31.9 Å². The number of rotatable bonds is 21. The maximum Gasteiger partial charge on any atom is 0.258 e. The van der Waals surface area contributed by atoms with Crippen molar-refractivity contribution in [3.05, 3.63) is 28.8 Å². The summed E-state index contributed by atoms with van der Waals surface area (Å²) < 4.78 is 56.8. The van der Waals surface area contributed by atoms with E-state index in [0.717, 1.165) is 0 Å². The first-order chi connectivity index (χ1) is 23.9. The zero-order chi connectivity index (χ0) is 39.2. The van der Waals surface area contributed by atoms with E-state index in [1.807, 2.05) is 27.7 Å². The molecular formula is C35H56F4N6O6. The highest BCUT2D eigenvalue weighted by Gasteiger charge is 2.35. The Bertz CT molecular complexity index is 1340. The molecule has 0 radical (unpaired) electrons. The fourth-order valence-electron chi connectivity index (χ4n) is 5.40. The quantitative estimate of drug-likeness (QED) is 0.0747. The molecule has 0 fully saturated rings. The number of amides is 5. The highest BCUT2D eigenvalue weighted by atomic mass is 19.2. The molecule has 0 aliphatic carbocycles. The van der Waals surface area contributed by atoms with Crippen LogP contribution >= 0.6 is 0 Å². The number of likely N-dealkylation sites (N-methyl/N-ethyl adjacent to an activating group) is 1. The third kappa shape index (κ3) is 13.0. The van der Waals surface area contributed by atoms with Gasteiger partial charge in [-0.25, -0.2) is 8.78 Å². The van der Waals surface area contributed by atoms with Crippen molar-refractivity contribution in [2.24, 2.45) is 17.8 Å². The second-order valence-electron chi connectivity index (χ2n) is 13.5. The Morgan fingerprint density at radius 3 is 1.71 bits per heavy atom. The van der Waals surface area contributed by atoms with Crippen molar-refractivity contribution in [2.45, 2.75) is 125 Å². The third-order valence-corrected chi connectivity index (χ3v) is 8.50. The lowest BCUT2D eigenvalue weighted by Gasteiger charge is -2.29. The molecule has 16 heteroatoms. The van der Waals surface area contributed by atoms with Gasteiger partial charge in [-0.2, -0.15) is 8.78 Å². The molecule has 0 aliphatic rings. The highest BCUT2D eigenvalue weighted by molar-refractivity contribution is 5.99. The molecule has 5 amide bonds. The average molecular weight is 733 g/mol. The predicted molar refractivity (Wildman–Crippen MR) is 184 cm³/mol. The van der Waals surface area contributed by atoms with Gasteiger partial charge in [-0.05, 0) is 43.9 Å². The van der Waals surface area contributed by atoms with Crippen LogP contribution in [0.2, 0.25) is 0 Å². The molecule has 0 bridgehead atoms. The number of nitrogens with one attached hydrogen (secondary N) is 6. The van der Waals surface area contributed by atoms with Crippen molar-refractivity contribution in [2.75, 3.05) is 13.1 Å². The van der Waals surface area contributed by atoms with Gasteiger partial charge >= 0.3 is 0 Å². The lowest BCUT2D eigenvalue weighted by molar-refractivity contribution is -0.131. The summed E-state index contributed by atoms with van der Waals surface area (Å²) in [5, 5.41) is 25.6. The highest BCUT2D eigenvalue weighted by Crippen LogP contribution is 2.29. The summed E-state index contributed by atoms with van der Waals surface area (Å²) in [4.78, 5) is 65.6. The third-order valence-electron chi connectivity index (χ3n) is 8.50. The maximum absolute atomic E-state index is 14.4. The van der Waals surface area contributed by atoms with E-state index >= 15 is 0 Å². The summed E-state index contributed by atoms with van der Waals surface area (Å²) in [5.41, 5.74) is -1.65. The molecule has 51 heavy (non-hydrogen) atoms. The van der Waals surface area contributed by atoms with Crippen LogP contribution in [0.5, 0.6) is 5.75 Å². The van der Waals surface area contributed by atoms with E-state index in [4.69, 9.17) is 0 Å². The Hall–Kier alpha value is -3.95. The van der Waals surface area contributed by atoms with Crippen LogP contribution in [0.1, 0.15) is 105 Å². The lowest BCUT2D eigenvalue weighted by atomic mass is 9.96. The number of phenols is 1. The van der Waals surface area contributed by atoms with Crippen LogP contribution in [0.3, 0.4) is 0 Å². The molecule has 12 nitrogen and oxygen atoms in total. The number of carbonyl (C=O) groups is 5. The van der Waals surface area contributed by atoms with Gasteiger partial charge in [0, 0.05) is 19.1 Å². The first-order valence-corrected chi connectivity index (χ1v) is 17.6. The van der Waals surface area contributed by atoms with E-state index in [1.54, 1.807) is 34.6 Å². The summed E-state index contributed by atoms with van der Waals surface area (Å²) in [6.07, 6.45) is 1.80. The number of halogens is 4. The van der Waals surface area contributed by atoms with Gasteiger partial charge in [-0.1, -0.05) is 68.2 Å². The number of carbonyl (C=O) groups excluding carboxylic acids is 5. The summed E-state index contributed by atoms with van der Waals surface area (Å²) in [7, 11) is 0. The molecule has 0 unspecified atom stereocenters. The van der Waals surface area contributed by atoms with Crippen molar-refractivity contribution < 1.29 is 46.6 Å². The molecule has 1 aromatic carbocycles. The second-order valence-corrected chi connectivity index (χ2v) is 13.5. The normalized spacial score (nSPS) is 15.0. The smallest absolute Gasteiger partial charge is 0.258 e. The molecule has 1 aromatic rings. The molecule has 0 saturated heterocycles. The molecule has 1 rings (SSSR count). The number of benzene rings is 1. The van der Waals surface area contributed by atoms with Gasteiger partial charge in [-0.3, -0.25) is 24.0 Å². The van der Waals surface area contributed by atoms with Gasteiger partial charge < -0.3 is 37.0 Å². The van der Waals surface area contributed by atoms with Crippen LogP contribution in [0.4, 0.5) is 17.6 Å². The second kappa shape index (κ2) is 21.4. The molecular weight excluding hydrogens is 676 g/mol. The first kappa shape index (κ1) is 45.1. The molecule has 0 aromatic heterocycles. The molecule has 0 spiro atoms. The largest absolute Gasteiger partial charge is 0.503 e. The van der Waals surface area contributed by atoms with Crippen molar-refractivity contribution in [3.63, 3.8) is 0 Å². The van der Waals surface area contributed by atoms with E-state index in [9.17, 15) is 46.6 Å². The number of aromatic hydroxyl groups is 1. The lowest BCUT2D eigenvalue weighted by Crippen LogP contribution is -2.58. The van der Waals surface area contributed by atoms with E-state index < -0.39 is 88.4 Å². The minimum atomic E-state index is -2.17. The summed E-state index contributed by atoms with van der Waals surface area (Å²) >= 11 is 0. The minimum absolute atomic E-state index is 0.119. The molecule has 0 aliphatic heterocycles. The Kier molecular flexibility index (Phi) is 18.9. The van der Waals surface area contributed by atoms with E-state index in [-0.39, 0.29) is 43.0 Å². The monoisotopic (exact) mass is 732 g/mol. The molecule has 0 saturated carbocycles. The molecule has 0 heterocycles. The SMILES string of the molecule is CCC[C@H](NC(=O)[C@@H](NC(=O)c1c(F)c(F)c(O)c(F)c1F)[C@@H](C)CC)C(=O)N[C@H](CN[C@@H](CC)C(=O)N[C@H](C(=O)NCC)C(C)C)CC(C)C. The topological polar surface area (TPSA) is 178 Å². The van der Waals surface area contributed by atoms with Gasteiger partial charge in [-0.15, -0.1) is 0 Å². The van der Waals surface area contributed by atoms with E-state index in [2.05, 4.69) is 31.9 Å². The Morgan fingerprint density at radius 2 is 1.24 bits per heavy atom. The van der Waals surface area contributed by atoms with E-state index in [1.165, 1.54) is 0 Å². The van der Waals surface area contributed by atoms with Gasteiger partial charge in [0.2, 0.25) is 35.3 Å². The molecule has 290 valence electrons. The Balaban J connectivity index is 3.17. The summed E-state index contributed by atoms with van der Waals surface area (Å²) in [6.45, 7) is 16.7. The fraction of sp³-hybridized carbons (Fsp3) is 0.686. The maximum atomic E-state index is 14.4. The van der Waals surface area contributed by atoms with Gasteiger partial charge in [0.05, 0.1) is 6.04 Å². The summed E-state index contributed by atoms with van der Waals surface area (Å²) in [6, 6.07) is -4.48. The fourth-order valence-corrected chi connectivity index (χ4v) is 5.40. The predicted octanol–water partition coefficient (Wildman–Crippen LogP) is 3.55. The van der Waals surface area contributed by atoms with Crippen molar-refractivity contribution in [1.29, 1.82) is 0 Å². The average Bonchev–Trinajstić information content (AvgIpc) is 3.06. The van der Waals surface area contributed by atoms with E-state index in [0.29, 0.717) is 25.8 Å². The van der Waals surface area contributed by atoms with Crippen LogP contribution in [-0.4, -0.2) is 77.9 Å². The van der Waals surface area contributed by atoms with Gasteiger partial charge in [0.1, 0.15) is 23.7 Å². The Labute approximate surface area is 298 Å². The minimum Gasteiger partial charge on any atom is -0.503 e. The van der Waals surface area contributed by atoms with Crippen molar-refractivity contribution >= 4 is 29.5 Å². The van der Waals surface area contributed by atoms with Crippen molar-refractivity contribution in [1.82, 2.24) is 31.9 Å². The Morgan fingerprint density at radius 1 is 0.667 bits per heavy atom. The molecule has 6 atom stereocenters. The van der Waals surface area contributed by atoms with Gasteiger partial charge in [0.15, 0.2) is 17.4 Å². The number of phenolic OH excluding ortho intramolecular Hbond substituents is 1. The molecule has 7 N–H and O–H groups in total. The van der Waals surface area contributed by atoms with Crippen molar-refractivity contribution in [3.8, 4) is 5.75 Å². The standard InChI is InChI=1S/C35H56F4N6O6/c1-10-14-22(43-35(51)29(19(9)11-2)45-33(49)23-24(36)26(38)30(46)27(39)25(23)37)32(48)42-20(15-17(5)6)16-41-21(12-3)31(47)44-28(18(7)8)34(50)40-13-4/h17-22,28-29,41,46H,10-16H2,1-9H3,(H,40,50)(H,42,48)(H,43,51)(H,44,47)(H,45,49)/t19-,20-,21-,22-,28-,29-/m0/s1. The van der Waals surface area contributed by atoms with Crippen LogP contribution in [0.25, 0.3) is 0 Å². The zero-order valence-corrected chi connectivity index (χ0v) is 31.1. The summed E-state index contributed by atoms with van der Waals surface area (Å²) in [5.74, 6) is -15.0. The van der Waals surface area contributed by atoms with Crippen LogP contribution in [0, 0.1) is 41.0 Å². The number of hydrogen-bond donors (Lipinski definition) is 7. The van der Waals surface area contributed by atoms with Crippen LogP contribution in [-0.2, 0) is 19.2 Å². The number of hydrogen-bond acceptors (Lipinski definition) is 7.